The molecule has 0 unspecified atom stereocenters. The number of rotatable bonds is 6. The minimum atomic E-state index is -4.40. The Kier molecular flexibility index (Phi) is 5.53. The van der Waals surface area contributed by atoms with E-state index in [2.05, 4.69) is 15.4 Å². The van der Waals surface area contributed by atoms with Gasteiger partial charge in [0, 0.05) is 24.2 Å². The monoisotopic (exact) mass is 392 g/mol. The molecular formula is C19H19F3N4O2. The first-order valence-electron chi connectivity index (χ1n) is 8.63. The number of carbonyl (C=O) groups excluding carboxylic acids is 1. The maximum absolute atomic E-state index is 12.4. The van der Waals surface area contributed by atoms with Gasteiger partial charge in [-0.3, -0.25) is 4.79 Å². The van der Waals surface area contributed by atoms with Crippen LogP contribution < -0.4 is 10.1 Å². The molecule has 0 saturated heterocycles. The minimum Gasteiger partial charge on any atom is -0.484 e. The minimum absolute atomic E-state index is 0.0910. The van der Waals surface area contributed by atoms with Crippen molar-refractivity contribution in [3.8, 4) is 5.75 Å². The maximum atomic E-state index is 12.4. The number of fused-ring (bicyclic) bond motifs is 1. The third-order valence-electron chi connectivity index (χ3n) is 3.94. The molecule has 28 heavy (non-hydrogen) atoms. The van der Waals surface area contributed by atoms with Crippen molar-refractivity contribution in [3.05, 3.63) is 53.9 Å². The lowest BCUT2D eigenvalue weighted by Gasteiger charge is -2.11. The zero-order valence-electron chi connectivity index (χ0n) is 15.3. The second kappa shape index (κ2) is 7.87. The summed E-state index contributed by atoms with van der Waals surface area (Å²) in [6, 6.07) is 8.00. The highest BCUT2D eigenvalue weighted by Crippen LogP contribution is 2.20. The van der Waals surface area contributed by atoms with E-state index in [-0.39, 0.29) is 24.2 Å². The Bertz CT molecular complexity index is 983. The van der Waals surface area contributed by atoms with Crippen LogP contribution >= 0.6 is 0 Å². The molecule has 2 aromatic heterocycles. The summed E-state index contributed by atoms with van der Waals surface area (Å²) in [5, 5.41) is 7.74. The highest BCUT2D eigenvalue weighted by atomic mass is 19.4. The van der Waals surface area contributed by atoms with Gasteiger partial charge in [0.2, 0.25) is 0 Å². The molecule has 3 rings (SSSR count). The van der Waals surface area contributed by atoms with Gasteiger partial charge in [-0.1, -0.05) is 12.1 Å². The quantitative estimate of drug-likeness (QED) is 0.691. The van der Waals surface area contributed by atoms with Crippen LogP contribution in [0.1, 0.15) is 35.8 Å². The van der Waals surface area contributed by atoms with E-state index in [9.17, 15) is 18.0 Å². The molecule has 0 aliphatic rings. The summed E-state index contributed by atoms with van der Waals surface area (Å²) < 4.78 is 43.2. The van der Waals surface area contributed by atoms with Gasteiger partial charge in [0.15, 0.2) is 12.3 Å². The van der Waals surface area contributed by atoms with Crippen LogP contribution in [-0.2, 0) is 6.54 Å². The molecule has 9 heteroatoms. The molecule has 1 N–H and O–H groups in total. The van der Waals surface area contributed by atoms with E-state index in [0.29, 0.717) is 16.8 Å². The van der Waals surface area contributed by atoms with Gasteiger partial charge in [0.1, 0.15) is 5.75 Å². The normalized spacial score (nSPS) is 11.8. The second-order valence-electron chi connectivity index (χ2n) is 6.55. The number of ether oxygens (including phenoxy) is 1. The van der Waals surface area contributed by atoms with E-state index in [1.54, 1.807) is 29.1 Å². The molecule has 0 radical (unpaired) electrons. The first-order valence-corrected chi connectivity index (χ1v) is 8.63. The third-order valence-corrected chi connectivity index (χ3v) is 3.94. The Hall–Kier alpha value is -3.10. The van der Waals surface area contributed by atoms with E-state index in [1.807, 2.05) is 13.8 Å². The Balaban J connectivity index is 1.65. The summed E-state index contributed by atoms with van der Waals surface area (Å²) in [5.41, 5.74) is 1.69. The molecule has 0 bridgehead atoms. The molecule has 1 amide bonds. The van der Waals surface area contributed by atoms with Gasteiger partial charge >= 0.3 is 6.18 Å². The van der Waals surface area contributed by atoms with Crippen molar-refractivity contribution in [1.82, 2.24) is 20.1 Å². The van der Waals surface area contributed by atoms with Crippen LogP contribution in [0, 0.1) is 0 Å². The van der Waals surface area contributed by atoms with Crippen molar-refractivity contribution in [2.24, 2.45) is 0 Å². The highest BCUT2D eigenvalue weighted by Gasteiger charge is 2.28. The number of hydrogen-bond donors (Lipinski definition) is 1. The van der Waals surface area contributed by atoms with Crippen LogP contribution in [-0.4, -0.2) is 33.5 Å². The summed E-state index contributed by atoms with van der Waals surface area (Å²) in [5.74, 6) is -0.249. The number of benzene rings is 1. The third kappa shape index (κ3) is 4.79. The molecule has 0 aliphatic carbocycles. The second-order valence-corrected chi connectivity index (χ2v) is 6.55. The fraction of sp³-hybridized carbons (Fsp3) is 0.316. The number of hydrogen-bond acceptors (Lipinski definition) is 4. The lowest BCUT2D eigenvalue weighted by Crippen LogP contribution is -2.23. The molecule has 3 aromatic rings. The van der Waals surface area contributed by atoms with Crippen molar-refractivity contribution in [2.45, 2.75) is 32.6 Å². The summed E-state index contributed by atoms with van der Waals surface area (Å²) in [6.45, 7) is 2.76. The molecule has 0 spiro atoms. The predicted octanol–water partition coefficient (Wildman–Crippen LogP) is 3.88. The molecule has 0 fully saturated rings. The van der Waals surface area contributed by atoms with Gasteiger partial charge in [-0.25, -0.2) is 9.67 Å². The number of carbonyl (C=O) groups is 1. The van der Waals surface area contributed by atoms with Crippen LogP contribution in [0.25, 0.3) is 11.0 Å². The standard InChI is InChI=1S/C19H19F3N4O2/c1-12(2)26-17-14(10-25-26)7-15(9-23-17)18(27)24-8-13-4-3-5-16(6-13)28-11-19(20,21)22/h3-7,9-10,12H,8,11H2,1-2H3,(H,24,27). The van der Waals surface area contributed by atoms with Gasteiger partial charge < -0.3 is 10.1 Å². The van der Waals surface area contributed by atoms with Gasteiger partial charge in [0.05, 0.1) is 11.8 Å². The van der Waals surface area contributed by atoms with Crippen molar-refractivity contribution in [2.75, 3.05) is 6.61 Å². The summed E-state index contributed by atoms with van der Waals surface area (Å²) in [6.07, 6.45) is -1.28. The average molecular weight is 392 g/mol. The molecule has 0 atom stereocenters. The Morgan fingerprint density at radius 3 is 2.75 bits per heavy atom. The van der Waals surface area contributed by atoms with Crippen molar-refractivity contribution < 1.29 is 22.7 Å². The van der Waals surface area contributed by atoms with Crippen LogP contribution in [0.15, 0.2) is 42.7 Å². The zero-order chi connectivity index (χ0) is 20.3. The van der Waals surface area contributed by atoms with E-state index in [1.165, 1.54) is 18.3 Å². The molecule has 2 heterocycles. The lowest BCUT2D eigenvalue weighted by molar-refractivity contribution is -0.153. The topological polar surface area (TPSA) is 69.0 Å². The number of nitrogens with zero attached hydrogens (tertiary/aromatic N) is 3. The molecule has 148 valence electrons. The van der Waals surface area contributed by atoms with Crippen LogP contribution in [0.2, 0.25) is 0 Å². The first-order chi connectivity index (χ1) is 13.2. The average Bonchev–Trinajstić information content (AvgIpc) is 3.07. The molecule has 6 nitrogen and oxygen atoms in total. The highest BCUT2D eigenvalue weighted by molar-refractivity contribution is 5.96. The predicted molar refractivity (Wildman–Crippen MR) is 97.1 cm³/mol. The number of nitrogens with one attached hydrogen (secondary N) is 1. The fourth-order valence-corrected chi connectivity index (χ4v) is 2.64. The van der Waals surface area contributed by atoms with E-state index in [0.717, 1.165) is 5.39 Å². The Morgan fingerprint density at radius 1 is 1.25 bits per heavy atom. The number of amides is 1. The number of halogens is 3. The van der Waals surface area contributed by atoms with Crippen molar-refractivity contribution in [3.63, 3.8) is 0 Å². The fourth-order valence-electron chi connectivity index (χ4n) is 2.64. The van der Waals surface area contributed by atoms with Gasteiger partial charge in [0.25, 0.3) is 5.91 Å². The van der Waals surface area contributed by atoms with Gasteiger partial charge in [-0.05, 0) is 37.6 Å². The van der Waals surface area contributed by atoms with Crippen molar-refractivity contribution >= 4 is 16.9 Å². The van der Waals surface area contributed by atoms with E-state index >= 15 is 0 Å². The van der Waals surface area contributed by atoms with Gasteiger partial charge in [-0.15, -0.1) is 0 Å². The molecule has 0 saturated carbocycles. The summed E-state index contributed by atoms with van der Waals surface area (Å²) in [4.78, 5) is 16.7. The number of aromatic nitrogens is 3. The van der Waals surface area contributed by atoms with E-state index in [4.69, 9.17) is 4.74 Å². The SMILES string of the molecule is CC(C)n1ncc2cc(C(=O)NCc3cccc(OCC(F)(F)F)c3)cnc21. The van der Waals surface area contributed by atoms with Crippen LogP contribution in [0.4, 0.5) is 13.2 Å². The van der Waals surface area contributed by atoms with Crippen LogP contribution in [0.5, 0.6) is 5.75 Å². The first kappa shape index (κ1) is 19.7. The summed E-state index contributed by atoms with van der Waals surface area (Å²) >= 11 is 0. The number of alkyl halides is 3. The van der Waals surface area contributed by atoms with Gasteiger partial charge in [-0.2, -0.15) is 18.3 Å². The number of pyridine rings is 1. The zero-order valence-corrected chi connectivity index (χ0v) is 15.3. The van der Waals surface area contributed by atoms with Crippen LogP contribution in [0.3, 0.4) is 0 Å². The smallest absolute Gasteiger partial charge is 0.422 e. The van der Waals surface area contributed by atoms with E-state index < -0.39 is 12.8 Å². The summed E-state index contributed by atoms with van der Waals surface area (Å²) in [7, 11) is 0. The Morgan fingerprint density at radius 2 is 2.04 bits per heavy atom. The van der Waals surface area contributed by atoms with Crippen molar-refractivity contribution in [1.29, 1.82) is 0 Å². The maximum Gasteiger partial charge on any atom is 0.422 e. The molecule has 1 aromatic carbocycles. The largest absolute Gasteiger partial charge is 0.484 e. The molecule has 0 aliphatic heterocycles. The molecular weight excluding hydrogens is 373 g/mol. The Labute approximate surface area is 159 Å². The lowest BCUT2D eigenvalue weighted by atomic mass is 10.2.